The molecule has 1 aromatic rings. The molecule has 0 N–H and O–H groups in total. The zero-order valence-electron chi connectivity index (χ0n) is 7.53. The molecule has 0 amide bonds. The summed E-state index contributed by atoms with van der Waals surface area (Å²) in [4.78, 5) is 22.4. The Bertz CT molecular complexity index is 345. The van der Waals surface area contributed by atoms with Gasteiger partial charge in [-0.15, -0.1) is 0 Å². The van der Waals surface area contributed by atoms with Gasteiger partial charge in [-0.3, -0.25) is 9.59 Å². The van der Waals surface area contributed by atoms with E-state index in [1.165, 1.54) is 0 Å². The summed E-state index contributed by atoms with van der Waals surface area (Å²) in [7, 11) is 0. The summed E-state index contributed by atoms with van der Waals surface area (Å²) in [6.45, 7) is 1.89. The van der Waals surface area contributed by atoms with Gasteiger partial charge >= 0.3 is 0 Å². The lowest BCUT2D eigenvalue weighted by molar-refractivity contribution is -0.107. The summed E-state index contributed by atoms with van der Waals surface area (Å²) >= 11 is 0.945. The van der Waals surface area contributed by atoms with Crippen molar-refractivity contribution < 1.29 is 9.59 Å². The summed E-state index contributed by atoms with van der Waals surface area (Å²) in [6, 6.07) is 7.04. The van der Waals surface area contributed by atoms with Crippen molar-refractivity contribution in [2.45, 2.75) is 6.92 Å². The fourth-order valence-electron chi connectivity index (χ4n) is 0.997. The third-order valence-corrected chi connectivity index (χ3v) is 2.21. The molecule has 0 aliphatic rings. The van der Waals surface area contributed by atoms with Crippen LogP contribution < -0.4 is 0 Å². The first-order valence-electron chi connectivity index (χ1n) is 3.84. The first kappa shape index (κ1) is 9.99. The van der Waals surface area contributed by atoms with E-state index in [1.54, 1.807) is 24.5 Å². The van der Waals surface area contributed by atoms with E-state index in [0.717, 1.165) is 17.3 Å². The molecule has 1 rings (SSSR count). The number of hydrogen-bond donors (Lipinski definition) is 0. The number of Topliss-reactive ketones (excluding diaryl/α,β-unsaturated/α-hetero) is 1. The average Bonchev–Trinajstić information content (AvgIpc) is 2.15. The minimum Gasteiger partial charge on any atom is -0.284 e. The Morgan fingerprint density at radius 1 is 1.31 bits per heavy atom. The van der Waals surface area contributed by atoms with Gasteiger partial charge in [0, 0.05) is 5.56 Å². The maximum Gasteiger partial charge on any atom is 0.259 e. The van der Waals surface area contributed by atoms with Crippen molar-refractivity contribution in [3.8, 4) is 0 Å². The molecule has 0 saturated carbocycles. The van der Waals surface area contributed by atoms with E-state index in [9.17, 15) is 9.59 Å². The molecule has 0 saturated heterocycles. The van der Waals surface area contributed by atoms with Gasteiger partial charge in [0.1, 0.15) is 0 Å². The summed E-state index contributed by atoms with van der Waals surface area (Å²) in [5.41, 5.74) is 1.46. The van der Waals surface area contributed by atoms with Crippen molar-refractivity contribution in [3.05, 3.63) is 35.4 Å². The highest BCUT2D eigenvalue weighted by atomic mass is 32.2. The topological polar surface area (TPSA) is 34.1 Å². The normalized spacial score (nSPS) is 9.69. The molecule has 0 spiro atoms. The van der Waals surface area contributed by atoms with Crippen LogP contribution in [-0.4, -0.2) is 17.2 Å². The first-order chi connectivity index (χ1) is 6.15. The zero-order valence-corrected chi connectivity index (χ0v) is 8.35. The molecule has 13 heavy (non-hydrogen) atoms. The number of ketones is 1. The molecule has 0 aliphatic carbocycles. The Balaban J connectivity index is 2.95. The Hall–Kier alpha value is -1.09. The van der Waals surface area contributed by atoms with Crippen molar-refractivity contribution in [1.29, 1.82) is 0 Å². The van der Waals surface area contributed by atoms with E-state index in [0.29, 0.717) is 5.56 Å². The third kappa shape index (κ3) is 2.42. The van der Waals surface area contributed by atoms with Gasteiger partial charge in [0.05, 0.1) is 0 Å². The maximum absolute atomic E-state index is 11.4. The smallest absolute Gasteiger partial charge is 0.259 e. The van der Waals surface area contributed by atoms with E-state index in [-0.39, 0.29) is 0 Å². The van der Waals surface area contributed by atoms with Gasteiger partial charge in [-0.25, -0.2) is 0 Å². The van der Waals surface area contributed by atoms with Crippen molar-refractivity contribution >= 4 is 22.7 Å². The van der Waals surface area contributed by atoms with E-state index in [2.05, 4.69) is 0 Å². The van der Waals surface area contributed by atoms with Gasteiger partial charge in [-0.1, -0.05) is 35.5 Å². The van der Waals surface area contributed by atoms with Crippen molar-refractivity contribution in [1.82, 2.24) is 0 Å². The number of benzene rings is 1. The molecule has 1 aromatic carbocycles. The number of carbonyl (C=O) groups excluding carboxylic acids is 2. The van der Waals surface area contributed by atoms with Crippen molar-refractivity contribution in [2.24, 2.45) is 0 Å². The summed E-state index contributed by atoms with van der Waals surface area (Å²) in [5, 5.41) is -0.411. The largest absolute Gasteiger partial charge is 0.284 e. The fraction of sp³-hybridized carbons (Fsp3) is 0.200. The van der Waals surface area contributed by atoms with Gasteiger partial charge < -0.3 is 0 Å². The highest BCUT2D eigenvalue weighted by molar-refractivity contribution is 8.14. The lowest BCUT2D eigenvalue weighted by Gasteiger charge is -1.98. The predicted octanol–water partition coefficient (Wildman–Crippen LogP) is 2.07. The molecule has 0 aliphatic heterocycles. The highest BCUT2D eigenvalue weighted by Gasteiger charge is 2.14. The Labute approximate surface area is 81.3 Å². The number of aryl methyl sites for hydroxylation is 1. The van der Waals surface area contributed by atoms with Crippen LogP contribution in [-0.2, 0) is 4.79 Å². The van der Waals surface area contributed by atoms with Crippen LogP contribution in [0.5, 0.6) is 0 Å². The molecule has 68 valence electrons. The second-order valence-corrected chi connectivity index (χ2v) is 3.47. The molecule has 0 radical (unpaired) electrons. The van der Waals surface area contributed by atoms with E-state index in [1.807, 2.05) is 13.0 Å². The van der Waals surface area contributed by atoms with Crippen molar-refractivity contribution in [2.75, 3.05) is 6.26 Å². The quantitative estimate of drug-likeness (QED) is 0.534. The second-order valence-electron chi connectivity index (χ2n) is 2.69. The molecule has 0 unspecified atom stereocenters. The molecular formula is C10H10O2S. The molecule has 0 fully saturated rings. The summed E-state index contributed by atoms with van der Waals surface area (Å²) in [6.07, 6.45) is 1.61. The first-order valence-corrected chi connectivity index (χ1v) is 5.07. The Morgan fingerprint density at radius 3 is 2.54 bits per heavy atom. The van der Waals surface area contributed by atoms with Crippen molar-refractivity contribution in [3.63, 3.8) is 0 Å². The standard InChI is InChI=1S/C10H10O2S/c1-7-4-3-5-8(6-7)9(11)10(12)13-2/h3-6H,1-2H3. The van der Waals surface area contributed by atoms with Crippen LogP contribution in [0.4, 0.5) is 0 Å². The van der Waals surface area contributed by atoms with Gasteiger partial charge in [-0.2, -0.15) is 0 Å². The summed E-state index contributed by atoms with van der Waals surface area (Å²) in [5.74, 6) is -0.420. The van der Waals surface area contributed by atoms with E-state index >= 15 is 0 Å². The second kappa shape index (κ2) is 4.23. The van der Waals surface area contributed by atoms with Gasteiger partial charge in [0.15, 0.2) is 0 Å². The average molecular weight is 194 g/mol. The number of rotatable bonds is 2. The molecule has 0 aromatic heterocycles. The molecule has 2 nitrogen and oxygen atoms in total. The minimum atomic E-state index is -0.420. The highest BCUT2D eigenvalue weighted by Crippen LogP contribution is 2.08. The van der Waals surface area contributed by atoms with Gasteiger partial charge in [0.2, 0.25) is 5.78 Å². The van der Waals surface area contributed by atoms with Crippen LogP contribution in [0.15, 0.2) is 24.3 Å². The van der Waals surface area contributed by atoms with Crippen LogP contribution in [0.25, 0.3) is 0 Å². The Morgan fingerprint density at radius 2 is 2.00 bits per heavy atom. The Kier molecular flexibility index (Phi) is 3.25. The molecule has 0 atom stereocenters. The molecule has 0 heterocycles. The zero-order chi connectivity index (χ0) is 9.84. The van der Waals surface area contributed by atoms with Gasteiger partial charge in [0.25, 0.3) is 5.12 Å². The molecule has 3 heteroatoms. The summed E-state index contributed by atoms with van der Waals surface area (Å²) < 4.78 is 0. The predicted molar refractivity (Wildman–Crippen MR) is 54.0 cm³/mol. The van der Waals surface area contributed by atoms with Crippen LogP contribution in [0, 0.1) is 6.92 Å². The number of hydrogen-bond acceptors (Lipinski definition) is 3. The SMILES string of the molecule is CSC(=O)C(=O)c1cccc(C)c1. The van der Waals surface area contributed by atoms with Crippen LogP contribution >= 0.6 is 11.8 Å². The third-order valence-electron chi connectivity index (χ3n) is 1.65. The van der Waals surface area contributed by atoms with Gasteiger partial charge in [-0.05, 0) is 19.2 Å². The lowest BCUT2D eigenvalue weighted by atomic mass is 10.1. The molecule has 0 bridgehead atoms. The van der Waals surface area contributed by atoms with E-state index in [4.69, 9.17) is 0 Å². The van der Waals surface area contributed by atoms with Crippen LogP contribution in [0.1, 0.15) is 15.9 Å². The monoisotopic (exact) mass is 194 g/mol. The molecular weight excluding hydrogens is 184 g/mol. The van der Waals surface area contributed by atoms with E-state index < -0.39 is 10.9 Å². The number of carbonyl (C=O) groups is 2. The maximum atomic E-state index is 11.4. The minimum absolute atomic E-state index is 0.411. The van der Waals surface area contributed by atoms with Crippen LogP contribution in [0.3, 0.4) is 0 Å². The lowest BCUT2D eigenvalue weighted by Crippen LogP contribution is -2.09. The fourth-order valence-corrected chi connectivity index (χ4v) is 1.30. The number of thioether (sulfide) groups is 1. The van der Waals surface area contributed by atoms with Crippen LogP contribution in [0.2, 0.25) is 0 Å².